The molecule has 2 aromatic carbocycles. The highest BCUT2D eigenvalue weighted by molar-refractivity contribution is 7.90. The van der Waals surface area contributed by atoms with Crippen LogP contribution in [0.4, 0.5) is 0 Å². The van der Waals surface area contributed by atoms with E-state index in [0.29, 0.717) is 25.1 Å². The summed E-state index contributed by atoms with van der Waals surface area (Å²) in [6, 6.07) is 13.6. The Morgan fingerprint density at radius 2 is 1.85 bits per heavy atom. The molecule has 0 aromatic heterocycles. The molecule has 1 N–H and O–H groups in total. The number of aliphatic hydroxyl groups is 1. The maximum atomic E-state index is 12.4. The van der Waals surface area contributed by atoms with Gasteiger partial charge < -0.3 is 9.84 Å². The number of rotatable bonds is 10. The molecule has 0 saturated heterocycles. The lowest BCUT2D eigenvalue weighted by atomic mass is 10.1. The maximum Gasteiger partial charge on any atom is 0.176 e. The van der Waals surface area contributed by atoms with Crippen molar-refractivity contribution in [1.29, 1.82) is 0 Å². The summed E-state index contributed by atoms with van der Waals surface area (Å²) in [6.07, 6.45) is 1.72. The Balaban J connectivity index is 1.94. The number of Topliss-reactive ketones (excluding diaryl/α,β-unsaturated/α-hetero) is 1. The minimum Gasteiger partial charge on any atom is -0.493 e. The molecular weight excluding hydrogens is 366 g/mol. The van der Waals surface area contributed by atoms with E-state index in [1.807, 2.05) is 36.2 Å². The number of carbonyl (C=O) groups excluding carboxylic acids is 1. The van der Waals surface area contributed by atoms with Gasteiger partial charge in [-0.05, 0) is 36.9 Å². The van der Waals surface area contributed by atoms with Crippen LogP contribution in [0.5, 0.6) is 5.75 Å². The molecule has 0 aliphatic rings. The number of likely N-dealkylation sites (N-methyl/N-ethyl adjacent to an activating group) is 1. The molecule has 0 amide bonds. The second kappa shape index (κ2) is 9.64. The summed E-state index contributed by atoms with van der Waals surface area (Å²) in [7, 11) is -1.42. The SMILES string of the molecule is CN(CC(=O)c1ccc(S(C)(=O)=O)cc1)Cc1cccc(OCCCO)c1. The van der Waals surface area contributed by atoms with Gasteiger partial charge in [-0.15, -0.1) is 0 Å². The van der Waals surface area contributed by atoms with Crippen LogP contribution in [0.25, 0.3) is 0 Å². The number of hydrogen-bond acceptors (Lipinski definition) is 6. The van der Waals surface area contributed by atoms with Gasteiger partial charge >= 0.3 is 0 Å². The molecule has 0 bridgehead atoms. The summed E-state index contributed by atoms with van der Waals surface area (Å²) >= 11 is 0. The zero-order valence-corrected chi connectivity index (χ0v) is 16.4. The van der Waals surface area contributed by atoms with Crippen molar-refractivity contribution >= 4 is 15.6 Å². The monoisotopic (exact) mass is 391 g/mol. The van der Waals surface area contributed by atoms with Crippen LogP contribution in [-0.2, 0) is 16.4 Å². The number of ketones is 1. The summed E-state index contributed by atoms with van der Waals surface area (Å²) < 4.78 is 28.5. The van der Waals surface area contributed by atoms with Crippen molar-refractivity contribution in [3.63, 3.8) is 0 Å². The highest BCUT2D eigenvalue weighted by Gasteiger charge is 2.12. The Morgan fingerprint density at radius 1 is 1.15 bits per heavy atom. The van der Waals surface area contributed by atoms with Crippen molar-refractivity contribution in [2.75, 3.05) is 33.1 Å². The smallest absolute Gasteiger partial charge is 0.176 e. The molecule has 146 valence electrons. The third kappa shape index (κ3) is 6.78. The van der Waals surface area contributed by atoms with E-state index in [9.17, 15) is 13.2 Å². The molecule has 0 aliphatic carbocycles. The minimum absolute atomic E-state index is 0.0760. The quantitative estimate of drug-likeness (QED) is 0.494. The first-order valence-corrected chi connectivity index (χ1v) is 10.5. The summed E-state index contributed by atoms with van der Waals surface area (Å²) in [5.74, 6) is 0.657. The van der Waals surface area contributed by atoms with Crippen molar-refractivity contribution in [3.05, 3.63) is 59.7 Å². The fourth-order valence-electron chi connectivity index (χ4n) is 2.58. The van der Waals surface area contributed by atoms with Gasteiger partial charge in [-0.1, -0.05) is 24.3 Å². The van der Waals surface area contributed by atoms with Gasteiger partial charge in [0.25, 0.3) is 0 Å². The molecule has 2 aromatic rings. The normalized spacial score (nSPS) is 11.6. The first kappa shape index (κ1) is 21.1. The Hall–Kier alpha value is -2.22. The molecule has 27 heavy (non-hydrogen) atoms. The van der Waals surface area contributed by atoms with Crippen molar-refractivity contribution < 1.29 is 23.1 Å². The van der Waals surface area contributed by atoms with Crippen molar-refractivity contribution in [1.82, 2.24) is 4.90 Å². The van der Waals surface area contributed by atoms with E-state index in [-0.39, 0.29) is 23.8 Å². The Labute approximate surface area is 160 Å². The lowest BCUT2D eigenvalue weighted by Crippen LogP contribution is -2.25. The summed E-state index contributed by atoms with van der Waals surface area (Å²) in [5, 5.41) is 8.80. The molecular formula is C20H25NO5S. The van der Waals surface area contributed by atoms with Gasteiger partial charge in [0.15, 0.2) is 15.6 Å². The van der Waals surface area contributed by atoms with E-state index in [4.69, 9.17) is 9.84 Å². The van der Waals surface area contributed by atoms with Crippen LogP contribution < -0.4 is 4.74 Å². The molecule has 0 saturated carbocycles. The van der Waals surface area contributed by atoms with Gasteiger partial charge in [0.05, 0.1) is 18.0 Å². The average Bonchev–Trinajstić information content (AvgIpc) is 2.61. The zero-order valence-electron chi connectivity index (χ0n) is 15.6. The number of nitrogens with zero attached hydrogens (tertiary/aromatic N) is 1. The largest absolute Gasteiger partial charge is 0.493 e. The Bertz CT molecular complexity index is 862. The Morgan fingerprint density at radius 3 is 2.48 bits per heavy atom. The Kier molecular flexibility index (Phi) is 7.53. The van der Waals surface area contributed by atoms with Gasteiger partial charge in [0, 0.05) is 31.4 Å². The number of ether oxygens (including phenoxy) is 1. The third-order valence-electron chi connectivity index (χ3n) is 3.94. The van der Waals surface area contributed by atoms with Crippen LogP contribution in [0.2, 0.25) is 0 Å². The summed E-state index contributed by atoms with van der Waals surface area (Å²) in [4.78, 5) is 14.5. The predicted molar refractivity (Wildman–Crippen MR) is 104 cm³/mol. The van der Waals surface area contributed by atoms with Crippen molar-refractivity contribution in [3.8, 4) is 5.75 Å². The van der Waals surface area contributed by atoms with Crippen LogP contribution in [-0.4, -0.2) is 57.3 Å². The van der Waals surface area contributed by atoms with E-state index >= 15 is 0 Å². The predicted octanol–water partition coefficient (Wildman–Crippen LogP) is 2.17. The van der Waals surface area contributed by atoms with E-state index in [1.54, 1.807) is 12.1 Å². The van der Waals surface area contributed by atoms with E-state index in [1.165, 1.54) is 12.1 Å². The van der Waals surface area contributed by atoms with E-state index in [2.05, 4.69) is 0 Å². The molecule has 0 heterocycles. The third-order valence-corrected chi connectivity index (χ3v) is 5.07. The topological polar surface area (TPSA) is 83.9 Å². The average molecular weight is 391 g/mol. The molecule has 0 unspecified atom stereocenters. The molecule has 0 spiro atoms. The first-order chi connectivity index (χ1) is 12.8. The van der Waals surface area contributed by atoms with E-state index < -0.39 is 9.84 Å². The molecule has 6 nitrogen and oxygen atoms in total. The first-order valence-electron chi connectivity index (χ1n) is 8.64. The standard InChI is InChI=1S/C20H25NO5S/c1-21(14-16-5-3-6-18(13-16)26-12-4-11-22)15-20(23)17-7-9-19(10-8-17)27(2,24)25/h3,5-10,13,22H,4,11-12,14-15H2,1-2H3. The van der Waals surface area contributed by atoms with Crippen molar-refractivity contribution in [2.45, 2.75) is 17.9 Å². The van der Waals surface area contributed by atoms with Gasteiger partial charge in [0.2, 0.25) is 0 Å². The number of sulfone groups is 1. The lowest BCUT2D eigenvalue weighted by Gasteiger charge is -2.16. The van der Waals surface area contributed by atoms with Crippen LogP contribution in [0.3, 0.4) is 0 Å². The van der Waals surface area contributed by atoms with E-state index in [0.717, 1.165) is 17.6 Å². The maximum absolute atomic E-state index is 12.4. The number of aliphatic hydroxyl groups excluding tert-OH is 1. The molecule has 0 fully saturated rings. The van der Waals surface area contributed by atoms with Gasteiger partial charge in [-0.25, -0.2) is 8.42 Å². The van der Waals surface area contributed by atoms with Gasteiger partial charge in [-0.3, -0.25) is 9.69 Å². The van der Waals surface area contributed by atoms with Crippen LogP contribution in [0, 0.1) is 0 Å². The fourth-order valence-corrected chi connectivity index (χ4v) is 3.21. The molecule has 7 heteroatoms. The fraction of sp³-hybridized carbons (Fsp3) is 0.350. The highest BCUT2D eigenvalue weighted by Crippen LogP contribution is 2.16. The van der Waals surface area contributed by atoms with Crippen LogP contribution in [0.1, 0.15) is 22.3 Å². The lowest BCUT2D eigenvalue weighted by molar-refractivity contribution is 0.0943. The molecule has 0 atom stereocenters. The second-order valence-corrected chi connectivity index (χ2v) is 8.48. The number of hydrogen-bond donors (Lipinski definition) is 1. The van der Waals surface area contributed by atoms with Crippen LogP contribution >= 0.6 is 0 Å². The van der Waals surface area contributed by atoms with Gasteiger partial charge in [-0.2, -0.15) is 0 Å². The molecule has 0 aliphatic heterocycles. The second-order valence-electron chi connectivity index (χ2n) is 6.47. The molecule has 0 radical (unpaired) electrons. The zero-order chi connectivity index (χ0) is 19.9. The highest BCUT2D eigenvalue weighted by atomic mass is 32.2. The minimum atomic E-state index is -3.27. The van der Waals surface area contributed by atoms with Crippen molar-refractivity contribution in [2.24, 2.45) is 0 Å². The summed E-state index contributed by atoms with van der Waals surface area (Å²) in [5.41, 5.74) is 1.49. The summed E-state index contributed by atoms with van der Waals surface area (Å²) in [6.45, 7) is 1.34. The number of carbonyl (C=O) groups is 1. The van der Waals surface area contributed by atoms with Crippen LogP contribution in [0.15, 0.2) is 53.4 Å². The number of benzene rings is 2. The molecule has 2 rings (SSSR count). The van der Waals surface area contributed by atoms with Gasteiger partial charge in [0.1, 0.15) is 5.75 Å².